The van der Waals surface area contributed by atoms with Gasteiger partial charge in [0.1, 0.15) is 0 Å². The van der Waals surface area contributed by atoms with Gasteiger partial charge in [0.05, 0.1) is 21.6 Å². The highest BCUT2D eigenvalue weighted by Crippen LogP contribution is 2.30. The molecule has 5 heteroatoms. The zero-order valence-electron chi connectivity index (χ0n) is 9.70. The summed E-state index contributed by atoms with van der Waals surface area (Å²) in [5.41, 5.74) is 4.89. The van der Waals surface area contributed by atoms with Crippen LogP contribution in [0, 0.1) is 13.8 Å². The van der Waals surface area contributed by atoms with Gasteiger partial charge in [0.15, 0.2) is 0 Å². The molecular weight excluding hydrogens is 254 g/mol. The first-order valence-electron chi connectivity index (χ1n) is 5.27. The molecule has 0 aliphatic carbocycles. The molecule has 2 rings (SSSR count). The first-order valence-corrected chi connectivity index (χ1v) is 6.46. The second-order valence-electron chi connectivity index (χ2n) is 3.84. The molecule has 0 saturated carbocycles. The van der Waals surface area contributed by atoms with Gasteiger partial charge in [0, 0.05) is 5.02 Å². The molecule has 17 heavy (non-hydrogen) atoms. The van der Waals surface area contributed by atoms with Crippen molar-refractivity contribution in [3.8, 4) is 0 Å². The lowest BCUT2D eigenvalue weighted by atomic mass is 10.1. The molecule has 0 saturated heterocycles. The summed E-state index contributed by atoms with van der Waals surface area (Å²) in [6.45, 7) is 3.99. The fourth-order valence-corrected chi connectivity index (χ4v) is 3.04. The monoisotopic (exact) mass is 267 g/mol. The molecule has 0 radical (unpaired) electrons. The van der Waals surface area contributed by atoms with Crippen LogP contribution in [0.5, 0.6) is 0 Å². The smallest absolute Gasteiger partial charge is 0.0900 e. The third-order valence-corrected chi connectivity index (χ3v) is 3.92. The molecule has 3 N–H and O–H groups in total. The van der Waals surface area contributed by atoms with Gasteiger partial charge in [0.25, 0.3) is 0 Å². The average Bonchev–Trinajstić information content (AvgIpc) is 2.59. The number of thiazole rings is 1. The summed E-state index contributed by atoms with van der Waals surface area (Å²) in [7, 11) is 0. The van der Waals surface area contributed by atoms with Crippen molar-refractivity contribution in [2.75, 3.05) is 0 Å². The van der Waals surface area contributed by atoms with Gasteiger partial charge in [-0.3, -0.25) is 5.84 Å². The minimum Gasteiger partial charge on any atom is -0.271 e. The number of benzene rings is 1. The van der Waals surface area contributed by atoms with Crippen LogP contribution in [0.3, 0.4) is 0 Å². The summed E-state index contributed by atoms with van der Waals surface area (Å²) in [6.07, 6.45) is 0. The summed E-state index contributed by atoms with van der Waals surface area (Å²) in [4.78, 5) is 5.55. The van der Waals surface area contributed by atoms with E-state index in [2.05, 4.69) is 10.4 Å². The fraction of sp³-hybridized carbons (Fsp3) is 0.250. The molecule has 0 bridgehead atoms. The van der Waals surface area contributed by atoms with Crippen molar-refractivity contribution in [2.24, 2.45) is 5.84 Å². The van der Waals surface area contributed by atoms with Crippen molar-refractivity contribution in [1.82, 2.24) is 10.4 Å². The fourth-order valence-electron chi connectivity index (χ4n) is 1.82. The predicted molar refractivity (Wildman–Crippen MR) is 72.2 cm³/mol. The van der Waals surface area contributed by atoms with Crippen LogP contribution in [0.4, 0.5) is 0 Å². The number of nitrogens with one attached hydrogen (secondary N) is 1. The van der Waals surface area contributed by atoms with Crippen LogP contribution in [0.1, 0.15) is 27.2 Å². The molecule has 0 aliphatic heterocycles. The SMILES string of the molecule is Cc1nc(C)c(C(NN)c2cccc(Cl)c2)s1. The van der Waals surface area contributed by atoms with Gasteiger partial charge in [-0.2, -0.15) is 0 Å². The van der Waals surface area contributed by atoms with Crippen molar-refractivity contribution < 1.29 is 0 Å². The normalized spacial score (nSPS) is 12.7. The summed E-state index contributed by atoms with van der Waals surface area (Å²) < 4.78 is 0. The number of aromatic nitrogens is 1. The Bertz CT molecular complexity index is 524. The number of hydrogen-bond donors (Lipinski definition) is 2. The molecule has 3 nitrogen and oxygen atoms in total. The third-order valence-electron chi connectivity index (χ3n) is 2.55. The molecule has 0 amide bonds. The zero-order valence-corrected chi connectivity index (χ0v) is 11.3. The molecule has 90 valence electrons. The highest BCUT2D eigenvalue weighted by atomic mass is 35.5. The molecule has 1 unspecified atom stereocenters. The molecule has 1 heterocycles. The Morgan fingerprint density at radius 1 is 1.41 bits per heavy atom. The number of nitrogens with zero attached hydrogens (tertiary/aromatic N) is 1. The second-order valence-corrected chi connectivity index (χ2v) is 5.51. The molecule has 1 atom stereocenters. The van der Waals surface area contributed by atoms with Crippen molar-refractivity contribution in [1.29, 1.82) is 0 Å². The maximum atomic E-state index is 6.00. The van der Waals surface area contributed by atoms with E-state index in [0.717, 1.165) is 21.1 Å². The van der Waals surface area contributed by atoms with E-state index in [0.29, 0.717) is 5.02 Å². The van der Waals surface area contributed by atoms with E-state index < -0.39 is 0 Å². The van der Waals surface area contributed by atoms with E-state index in [1.165, 1.54) is 0 Å². The summed E-state index contributed by atoms with van der Waals surface area (Å²) in [6, 6.07) is 7.64. The Morgan fingerprint density at radius 3 is 2.71 bits per heavy atom. The van der Waals surface area contributed by atoms with Crippen LogP contribution < -0.4 is 11.3 Å². The number of hydrogen-bond acceptors (Lipinski definition) is 4. The third kappa shape index (κ3) is 2.66. The topological polar surface area (TPSA) is 50.9 Å². The predicted octanol–water partition coefficient (Wildman–Crippen LogP) is 2.97. The molecule has 2 aromatic rings. The van der Waals surface area contributed by atoms with Crippen molar-refractivity contribution in [2.45, 2.75) is 19.9 Å². The molecule has 1 aromatic carbocycles. The Kier molecular flexibility index (Phi) is 3.79. The lowest BCUT2D eigenvalue weighted by molar-refractivity contribution is 0.642. The van der Waals surface area contributed by atoms with Crippen molar-refractivity contribution in [3.63, 3.8) is 0 Å². The second kappa shape index (κ2) is 5.14. The zero-order chi connectivity index (χ0) is 12.4. The average molecular weight is 268 g/mol. The van der Waals surface area contributed by atoms with Crippen molar-refractivity contribution in [3.05, 3.63) is 50.4 Å². The van der Waals surface area contributed by atoms with E-state index in [4.69, 9.17) is 17.4 Å². The van der Waals surface area contributed by atoms with E-state index in [-0.39, 0.29) is 6.04 Å². The van der Waals surface area contributed by atoms with Crippen LogP contribution in [-0.2, 0) is 0 Å². The Balaban J connectivity index is 2.43. The molecule has 0 fully saturated rings. The maximum Gasteiger partial charge on any atom is 0.0900 e. The van der Waals surface area contributed by atoms with Crippen LogP contribution in [0.2, 0.25) is 5.02 Å². The largest absolute Gasteiger partial charge is 0.271 e. The number of aryl methyl sites for hydroxylation is 2. The van der Waals surface area contributed by atoms with E-state index >= 15 is 0 Å². The van der Waals surface area contributed by atoms with Crippen LogP contribution in [0.25, 0.3) is 0 Å². The Labute approximate surface area is 110 Å². The lowest BCUT2D eigenvalue weighted by Gasteiger charge is -2.15. The first kappa shape index (κ1) is 12.5. The van der Waals surface area contributed by atoms with Gasteiger partial charge in [-0.05, 0) is 31.5 Å². The number of rotatable bonds is 3. The van der Waals surface area contributed by atoms with E-state index in [9.17, 15) is 0 Å². The standard InChI is InChI=1S/C12H14ClN3S/c1-7-12(17-8(2)15-7)11(16-14)9-4-3-5-10(13)6-9/h3-6,11,16H,14H2,1-2H3. The highest BCUT2D eigenvalue weighted by molar-refractivity contribution is 7.11. The van der Waals surface area contributed by atoms with Crippen LogP contribution in [0.15, 0.2) is 24.3 Å². The van der Waals surface area contributed by atoms with Gasteiger partial charge < -0.3 is 0 Å². The van der Waals surface area contributed by atoms with Crippen molar-refractivity contribution >= 4 is 22.9 Å². The van der Waals surface area contributed by atoms with Crippen LogP contribution >= 0.6 is 22.9 Å². The molecule has 0 spiro atoms. The van der Waals surface area contributed by atoms with Gasteiger partial charge in [-0.1, -0.05) is 23.7 Å². The van der Waals surface area contributed by atoms with Gasteiger partial charge in [0.2, 0.25) is 0 Å². The Morgan fingerprint density at radius 2 is 2.18 bits per heavy atom. The number of hydrazine groups is 1. The first-order chi connectivity index (χ1) is 8.11. The van der Waals surface area contributed by atoms with Gasteiger partial charge in [-0.15, -0.1) is 11.3 Å². The van der Waals surface area contributed by atoms with Gasteiger partial charge >= 0.3 is 0 Å². The summed E-state index contributed by atoms with van der Waals surface area (Å²) in [5.74, 6) is 5.65. The highest BCUT2D eigenvalue weighted by Gasteiger charge is 2.18. The lowest BCUT2D eigenvalue weighted by Crippen LogP contribution is -2.28. The minimum absolute atomic E-state index is 0.0556. The Hall–Kier alpha value is -0.940. The molecular formula is C12H14ClN3S. The number of halogens is 1. The van der Waals surface area contributed by atoms with E-state index in [1.807, 2.05) is 38.1 Å². The molecule has 1 aromatic heterocycles. The van der Waals surface area contributed by atoms with Crippen LogP contribution in [-0.4, -0.2) is 4.98 Å². The van der Waals surface area contributed by atoms with Gasteiger partial charge in [-0.25, -0.2) is 10.4 Å². The summed E-state index contributed by atoms with van der Waals surface area (Å²) in [5, 5.41) is 1.75. The maximum absolute atomic E-state index is 6.00. The molecule has 0 aliphatic rings. The minimum atomic E-state index is -0.0556. The summed E-state index contributed by atoms with van der Waals surface area (Å²) >= 11 is 7.65. The quantitative estimate of drug-likeness (QED) is 0.664. The number of nitrogens with two attached hydrogens (primary N) is 1. The van der Waals surface area contributed by atoms with E-state index in [1.54, 1.807) is 11.3 Å².